The molecule has 1 aromatic heterocycles. The molecule has 4 heteroatoms. The van der Waals surface area contributed by atoms with E-state index in [9.17, 15) is 5.26 Å². The quantitative estimate of drug-likeness (QED) is 0.147. The van der Waals surface area contributed by atoms with Gasteiger partial charge in [-0.15, -0.1) is 0 Å². The molecule has 0 aliphatic heterocycles. The molecular weight excluding hydrogens is 669 g/mol. The van der Waals surface area contributed by atoms with Crippen LogP contribution >= 0.6 is 0 Å². The Morgan fingerprint density at radius 3 is 1.58 bits per heavy atom. The summed E-state index contributed by atoms with van der Waals surface area (Å²) in [7, 11) is 0. The van der Waals surface area contributed by atoms with E-state index < -0.39 is 0 Å². The van der Waals surface area contributed by atoms with E-state index in [1.165, 1.54) is 36.8 Å². The summed E-state index contributed by atoms with van der Waals surface area (Å²) in [4.78, 5) is 15.3. The highest BCUT2D eigenvalue weighted by Crippen LogP contribution is 2.48. The van der Waals surface area contributed by atoms with Crippen LogP contribution in [0.1, 0.15) is 64.0 Å². The van der Waals surface area contributed by atoms with Crippen molar-refractivity contribution >= 4 is 0 Å². The lowest BCUT2D eigenvalue weighted by Crippen LogP contribution is -2.28. The Morgan fingerprint density at radius 1 is 0.527 bits per heavy atom. The third-order valence-electron chi connectivity index (χ3n) is 11.6. The van der Waals surface area contributed by atoms with Crippen LogP contribution in [0.2, 0.25) is 0 Å². The molecular formula is C51H46N4. The van der Waals surface area contributed by atoms with Crippen LogP contribution in [-0.2, 0) is 5.41 Å². The molecule has 0 spiro atoms. The first-order chi connectivity index (χ1) is 26.9. The van der Waals surface area contributed by atoms with Crippen molar-refractivity contribution in [2.24, 2.45) is 11.8 Å². The van der Waals surface area contributed by atoms with E-state index >= 15 is 0 Å². The van der Waals surface area contributed by atoms with Gasteiger partial charge in [0.1, 0.15) is 0 Å². The number of benzene rings is 6. The highest BCUT2D eigenvalue weighted by atomic mass is 15.0. The molecule has 0 N–H and O–H groups in total. The topological polar surface area (TPSA) is 62.5 Å². The summed E-state index contributed by atoms with van der Waals surface area (Å²) in [6.45, 7) is 7.27. The maximum Gasteiger partial charge on any atom is 0.164 e. The summed E-state index contributed by atoms with van der Waals surface area (Å²) < 4.78 is 0. The summed E-state index contributed by atoms with van der Waals surface area (Å²) in [5.41, 5.74) is 11.5. The van der Waals surface area contributed by atoms with E-state index in [-0.39, 0.29) is 5.41 Å². The Hall–Kier alpha value is -6.18. The molecule has 1 fully saturated rings. The number of nitrogens with zero attached hydrogens (tertiary/aromatic N) is 4. The van der Waals surface area contributed by atoms with Crippen LogP contribution in [0.3, 0.4) is 0 Å². The molecule has 6 aromatic carbocycles. The molecule has 0 amide bonds. The van der Waals surface area contributed by atoms with Gasteiger partial charge in [0, 0.05) is 22.3 Å². The number of hydrogen-bond donors (Lipinski definition) is 0. The summed E-state index contributed by atoms with van der Waals surface area (Å²) in [6.07, 6.45) is 6.28. The second kappa shape index (κ2) is 15.7. The molecule has 0 bridgehead atoms. The predicted octanol–water partition coefficient (Wildman–Crippen LogP) is 13.2. The molecule has 270 valence electrons. The largest absolute Gasteiger partial charge is 0.208 e. The minimum atomic E-state index is 0.203. The smallest absolute Gasteiger partial charge is 0.164 e. The van der Waals surface area contributed by atoms with Gasteiger partial charge < -0.3 is 0 Å². The van der Waals surface area contributed by atoms with Gasteiger partial charge in [-0.1, -0.05) is 167 Å². The van der Waals surface area contributed by atoms with Crippen molar-refractivity contribution in [1.29, 1.82) is 5.26 Å². The number of rotatable bonds is 8. The first-order valence-corrected chi connectivity index (χ1v) is 19.7. The fourth-order valence-corrected chi connectivity index (χ4v) is 8.83. The molecule has 1 heterocycles. The summed E-state index contributed by atoms with van der Waals surface area (Å²) in [5.74, 6) is 3.13. The molecule has 4 nitrogen and oxygen atoms in total. The fraction of sp³-hybridized carbons (Fsp3) is 0.216. The second-order valence-corrected chi connectivity index (χ2v) is 15.4. The lowest BCUT2D eigenvalue weighted by molar-refractivity contribution is 0.295. The fourth-order valence-electron chi connectivity index (χ4n) is 8.83. The minimum Gasteiger partial charge on any atom is -0.208 e. The number of hydrogen-bond acceptors (Lipinski definition) is 4. The monoisotopic (exact) mass is 714 g/mol. The van der Waals surface area contributed by atoms with Gasteiger partial charge in [-0.25, -0.2) is 15.0 Å². The first-order valence-electron chi connectivity index (χ1n) is 19.7. The summed E-state index contributed by atoms with van der Waals surface area (Å²) in [5, 5.41) is 9.73. The van der Waals surface area contributed by atoms with E-state index in [1.807, 2.05) is 48.5 Å². The van der Waals surface area contributed by atoms with Crippen LogP contribution in [-0.4, -0.2) is 15.0 Å². The van der Waals surface area contributed by atoms with Gasteiger partial charge in [-0.3, -0.25) is 0 Å². The molecule has 0 radical (unpaired) electrons. The van der Waals surface area contributed by atoms with Gasteiger partial charge in [0.2, 0.25) is 0 Å². The number of aromatic nitrogens is 3. The Labute approximate surface area is 325 Å². The molecule has 8 rings (SSSR count). The number of nitriles is 1. The van der Waals surface area contributed by atoms with Crippen molar-refractivity contribution in [2.45, 2.75) is 58.3 Å². The van der Waals surface area contributed by atoms with Crippen molar-refractivity contribution in [2.75, 3.05) is 0 Å². The van der Waals surface area contributed by atoms with E-state index in [4.69, 9.17) is 15.0 Å². The molecule has 0 saturated heterocycles. The lowest BCUT2D eigenvalue weighted by Gasteiger charge is -2.35. The molecule has 55 heavy (non-hydrogen) atoms. The van der Waals surface area contributed by atoms with Gasteiger partial charge in [-0.05, 0) is 88.1 Å². The molecule has 1 aliphatic rings. The van der Waals surface area contributed by atoms with Gasteiger partial charge in [-0.2, -0.15) is 5.26 Å². The van der Waals surface area contributed by atoms with Crippen molar-refractivity contribution in [3.05, 3.63) is 163 Å². The Bertz CT molecular complexity index is 2440. The zero-order valence-corrected chi connectivity index (χ0v) is 31.9. The Kier molecular flexibility index (Phi) is 10.2. The van der Waals surface area contributed by atoms with E-state index in [1.54, 1.807) is 6.07 Å². The van der Waals surface area contributed by atoms with E-state index in [0.29, 0.717) is 23.0 Å². The maximum absolute atomic E-state index is 9.73. The third-order valence-corrected chi connectivity index (χ3v) is 11.6. The van der Waals surface area contributed by atoms with Crippen LogP contribution in [0.5, 0.6) is 0 Å². The first kappa shape index (κ1) is 35.8. The molecule has 7 aromatic rings. The molecule has 1 saturated carbocycles. The highest BCUT2D eigenvalue weighted by Gasteiger charge is 2.36. The van der Waals surface area contributed by atoms with Gasteiger partial charge in [0.05, 0.1) is 11.6 Å². The second-order valence-electron chi connectivity index (χ2n) is 15.4. The minimum absolute atomic E-state index is 0.203. The maximum atomic E-state index is 9.73. The van der Waals surface area contributed by atoms with Crippen LogP contribution in [0, 0.1) is 23.2 Å². The zero-order valence-electron chi connectivity index (χ0n) is 31.9. The van der Waals surface area contributed by atoms with Crippen molar-refractivity contribution in [3.63, 3.8) is 0 Å². The van der Waals surface area contributed by atoms with E-state index in [0.717, 1.165) is 62.8 Å². The molecule has 3 atom stereocenters. The normalized spacial score (nSPS) is 18.3. The Balaban J connectivity index is 1.36. The highest BCUT2D eigenvalue weighted by molar-refractivity contribution is 6.01. The van der Waals surface area contributed by atoms with Crippen molar-refractivity contribution in [1.82, 2.24) is 15.0 Å². The van der Waals surface area contributed by atoms with Crippen molar-refractivity contribution in [3.8, 4) is 73.6 Å². The Morgan fingerprint density at radius 2 is 1.02 bits per heavy atom. The van der Waals surface area contributed by atoms with Crippen molar-refractivity contribution < 1.29 is 0 Å². The standard InChI is InChI=1S/C51H46N4/c1-4-51(32-35(2)23-24-36(3)33-51)43-27-25-38(26-28-43)44-29-30-45(47(40-18-10-6-11-19-40)46(44)39-16-8-5-9-17-39)50-54-48(41-20-12-7-13-21-41)53-49(55-50)42-22-14-15-37(31-42)34-52/h5-22,25-31,35-36H,4,23-24,32-33H2,1-3H3/t35-,36+,51?. The summed E-state index contributed by atoms with van der Waals surface area (Å²) in [6, 6.07) is 55.0. The summed E-state index contributed by atoms with van der Waals surface area (Å²) >= 11 is 0. The third kappa shape index (κ3) is 7.36. The van der Waals surface area contributed by atoms with Crippen LogP contribution < -0.4 is 0 Å². The molecule has 1 unspecified atom stereocenters. The van der Waals surface area contributed by atoms with Gasteiger partial charge >= 0.3 is 0 Å². The lowest BCUT2D eigenvalue weighted by atomic mass is 9.69. The van der Waals surface area contributed by atoms with Crippen LogP contribution in [0.4, 0.5) is 0 Å². The predicted molar refractivity (Wildman–Crippen MR) is 226 cm³/mol. The van der Waals surface area contributed by atoms with Gasteiger partial charge in [0.15, 0.2) is 17.5 Å². The average molecular weight is 715 g/mol. The van der Waals surface area contributed by atoms with Crippen LogP contribution in [0.15, 0.2) is 152 Å². The van der Waals surface area contributed by atoms with E-state index in [2.05, 4.69) is 124 Å². The zero-order chi connectivity index (χ0) is 37.8. The molecule has 1 aliphatic carbocycles. The SMILES string of the molecule is CCC1(c2ccc(-c3ccc(-c4nc(-c5ccccc5)nc(-c5cccc(C#N)c5)n4)c(-c4ccccc4)c3-c3ccccc3)cc2)C[C@H](C)CC[C@H](C)C1. The van der Waals surface area contributed by atoms with Crippen LogP contribution in [0.25, 0.3) is 67.5 Å². The van der Waals surface area contributed by atoms with Gasteiger partial charge in [0.25, 0.3) is 0 Å². The average Bonchev–Trinajstić information content (AvgIpc) is 3.41.